The average Bonchev–Trinajstić information content (AvgIpc) is 2.88. The number of hydrogen-bond donors (Lipinski definition) is 0. The molecule has 0 saturated carbocycles. The standard InChI is InChI=1S/C18H18N2O3S/c1-4-23-14-7-5-13(6-8-14)15-12(3)24-17-16(15)18(22)20(10-19-17)9-11(2)21/h5-8,10H,4,9H2,1-3H3. The van der Waals surface area contributed by atoms with Crippen LogP contribution in [0, 0.1) is 6.92 Å². The molecule has 3 aromatic rings. The van der Waals surface area contributed by atoms with Gasteiger partial charge in [-0.15, -0.1) is 11.3 Å². The predicted molar refractivity (Wildman–Crippen MR) is 95.9 cm³/mol. The van der Waals surface area contributed by atoms with E-state index in [1.807, 2.05) is 38.1 Å². The Morgan fingerprint density at radius 2 is 2.00 bits per heavy atom. The van der Waals surface area contributed by atoms with Gasteiger partial charge in [0.25, 0.3) is 5.56 Å². The zero-order chi connectivity index (χ0) is 17.3. The Labute approximate surface area is 143 Å². The first-order chi connectivity index (χ1) is 11.5. The summed E-state index contributed by atoms with van der Waals surface area (Å²) in [6.45, 7) is 6.03. The van der Waals surface area contributed by atoms with Gasteiger partial charge in [0.2, 0.25) is 0 Å². The molecule has 0 aliphatic carbocycles. The maximum Gasteiger partial charge on any atom is 0.263 e. The maximum atomic E-state index is 12.8. The molecule has 0 unspecified atom stereocenters. The normalized spacial score (nSPS) is 11.0. The molecule has 0 amide bonds. The molecule has 2 heterocycles. The van der Waals surface area contributed by atoms with Crippen molar-refractivity contribution in [3.63, 3.8) is 0 Å². The number of hydrogen-bond acceptors (Lipinski definition) is 5. The minimum absolute atomic E-state index is 0.0411. The first-order valence-corrected chi connectivity index (χ1v) is 8.54. The SMILES string of the molecule is CCOc1ccc(-c2c(C)sc3ncn(CC(C)=O)c(=O)c23)cc1. The topological polar surface area (TPSA) is 61.2 Å². The third-order valence-corrected chi connectivity index (χ3v) is 4.71. The van der Waals surface area contributed by atoms with Gasteiger partial charge in [-0.05, 0) is 38.5 Å². The number of carbonyl (C=O) groups excluding carboxylic acids is 1. The molecule has 0 bridgehead atoms. The van der Waals surface area contributed by atoms with E-state index in [0.29, 0.717) is 16.8 Å². The van der Waals surface area contributed by atoms with Gasteiger partial charge in [-0.3, -0.25) is 14.2 Å². The Kier molecular flexibility index (Phi) is 4.49. The summed E-state index contributed by atoms with van der Waals surface area (Å²) >= 11 is 1.49. The van der Waals surface area contributed by atoms with Gasteiger partial charge in [0.05, 0.1) is 24.9 Å². The molecule has 0 fully saturated rings. The van der Waals surface area contributed by atoms with Gasteiger partial charge in [-0.2, -0.15) is 0 Å². The van der Waals surface area contributed by atoms with Crippen LogP contribution in [0.2, 0.25) is 0 Å². The molecule has 0 atom stereocenters. The minimum Gasteiger partial charge on any atom is -0.494 e. The van der Waals surface area contributed by atoms with Gasteiger partial charge in [-0.25, -0.2) is 4.98 Å². The van der Waals surface area contributed by atoms with E-state index in [1.165, 1.54) is 29.2 Å². The Bertz CT molecular complexity index is 955. The number of aryl methyl sites for hydroxylation is 1. The molecular formula is C18H18N2O3S. The van der Waals surface area contributed by atoms with Crippen LogP contribution in [-0.4, -0.2) is 21.9 Å². The molecule has 2 aromatic heterocycles. The lowest BCUT2D eigenvalue weighted by molar-refractivity contribution is -0.117. The summed E-state index contributed by atoms with van der Waals surface area (Å²) in [6.07, 6.45) is 1.45. The van der Waals surface area contributed by atoms with E-state index >= 15 is 0 Å². The Hall–Kier alpha value is -2.47. The molecular weight excluding hydrogens is 324 g/mol. The number of benzene rings is 1. The minimum atomic E-state index is -0.177. The summed E-state index contributed by atoms with van der Waals surface area (Å²) < 4.78 is 6.84. The van der Waals surface area contributed by atoms with Crippen molar-refractivity contribution in [1.82, 2.24) is 9.55 Å². The fraction of sp³-hybridized carbons (Fsp3) is 0.278. The van der Waals surface area contributed by atoms with Crippen molar-refractivity contribution < 1.29 is 9.53 Å². The number of thiophene rings is 1. The highest BCUT2D eigenvalue weighted by molar-refractivity contribution is 7.19. The number of ketones is 1. The van der Waals surface area contributed by atoms with Crippen molar-refractivity contribution >= 4 is 27.3 Å². The second kappa shape index (κ2) is 6.57. The molecule has 0 radical (unpaired) electrons. The largest absolute Gasteiger partial charge is 0.494 e. The second-order valence-corrected chi connectivity index (χ2v) is 6.75. The molecule has 3 rings (SSSR count). The van der Waals surface area contributed by atoms with Crippen LogP contribution in [0.3, 0.4) is 0 Å². The quantitative estimate of drug-likeness (QED) is 0.713. The Morgan fingerprint density at radius 3 is 2.62 bits per heavy atom. The molecule has 0 aliphatic heterocycles. The first-order valence-electron chi connectivity index (χ1n) is 7.72. The van der Waals surface area contributed by atoms with Crippen molar-refractivity contribution in [2.75, 3.05) is 6.61 Å². The van der Waals surface area contributed by atoms with E-state index < -0.39 is 0 Å². The lowest BCUT2D eigenvalue weighted by Gasteiger charge is -2.06. The molecule has 0 spiro atoms. The number of nitrogens with zero attached hydrogens (tertiary/aromatic N) is 2. The van der Waals surface area contributed by atoms with Crippen molar-refractivity contribution in [1.29, 1.82) is 0 Å². The number of ether oxygens (including phenoxy) is 1. The molecule has 1 aromatic carbocycles. The fourth-order valence-corrected chi connectivity index (χ4v) is 3.73. The highest BCUT2D eigenvalue weighted by Crippen LogP contribution is 2.36. The van der Waals surface area contributed by atoms with Gasteiger partial charge in [0.1, 0.15) is 16.4 Å². The van der Waals surface area contributed by atoms with Crippen molar-refractivity contribution in [3.05, 3.63) is 45.8 Å². The van der Waals surface area contributed by atoms with E-state index in [-0.39, 0.29) is 17.9 Å². The summed E-state index contributed by atoms with van der Waals surface area (Å²) in [5.41, 5.74) is 1.65. The van der Waals surface area contributed by atoms with Crippen LogP contribution in [-0.2, 0) is 11.3 Å². The molecule has 6 heteroatoms. The third-order valence-electron chi connectivity index (χ3n) is 3.70. The lowest BCUT2D eigenvalue weighted by Crippen LogP contribution is -2.23. The highest BCUT2D eigenvalue weighted by Gasteiger charge is 2.17. The fourth-order valence-electron chi connectivity index (χ4n) is 2.72. The summed E-state index contributed by atoms with van der Waals surface area (Å²) in [5.74, 6) is 0.721. The zero-order valence-corrected chi connectivity index (χ0v) is 14.6. The number of aromatic nitrogens is 2. The average molecular weight is 342 g/mol. The molecule has 0 N–H and O–H groups in total. The van der Waals surface area contributed by atoms with E-state index in [0.717, 1.165) is 21.8 Å². The van der Waals surface area contributed by atoms with E-state index in [9.17, 15) is 9.59 Å². The number of Topliss-reactive ketones (excluding diaryl/α,β-unsaturated/α-hetero) is 1. The molecule has 0 aliphatic rings. The summed E-state index contributed by atoms with van der Waals surface area (Å²) in [7, 11) is 0. The zero-order valence-electron chi connectivity index (χ0n) is 13.8. The third kappa shape index (κ3) is 2.97. The molecule has 5 nitrogen and oxygen atoms in total. The van der Waals surface area contributed by atoms with Crippen molar-refractivity contribution in [2.45, 2.75) is 27.3 Å². The van der Waals surface area contributed by atoms with Gasteiger partial charge in [0.15, 0.2) is 0 Å². The van der Waals surface area contributed by atoms with Gasteiger partial charge in [0, 0.05) is 10.4 Å². The van der Waals surface area contributed by atoms with Gasteiger partial charge in [-0.1, -0.05) is 12.1 Å². The van der Waals surface area contributed by atoms with Crippen LogP contribution < -0.4 is 10.3 Å². The van der Waals surface area contributed by atoms with Crippen LogP contribution in [0.1, 0.15) is 18.7 Å². The number of rotatable bonds is 5. The molecule has 124 valence electrons. The Balaban J connectivity index is 2.18. The van der Waals surface area contributed by atoms with Crippen molar-refractivity contribution in [3.8, 4) is 16.9 Å². The van der Waals surface area contributed by atoms with Crippen LogP contribution >= 0.6 is 11.3 Å². The van der Waals surface area contributed by atoms with E-state index in [1.54, 1.807) is 0 Å². The van der Waals surface area contributed by atoms with E-state index in [4.69, 9.17) is 4.74 Å². The van der Waals surface area contributed by atoms with Crippen LogP contribution in [0.5, 0.6) is 5.75 Å². The molecule has 24 heavy (non-hydrogen) atoms. The lowest BCUT2D eigenvalue weighted by atomic mass is 10.0. The number of fused-ring (bicyclic) bond motifs is 1. The van der Waals surface area contributed by atoms with Crippen LogP contribution in [0.4, 0.5) is 0 Å². The monoisotopic (exact) mass is 342 g/mol. The Morgan fingerprint density at radius 1 is 1.29 bits per heavy atom. The molecule has 0 saturated heterocycles. The first kappa shape index (κ1) is 16.4. The summed E-state index contributed by atoms with van der Waals surface area (Å²) in [4.78, 5) is 30.2. The van der Waals surface area contributed by atoms with E-state index in [2.05, 4.69) is 4.98 Å². The van der Waals surface area contributed by atoms with Gasteiger partial charge >= 0.3 is 0 Å². The summed E-state index contributed by atoms with van der Waals surface area (Å²) in [5, 5.41) is 0.574. The van der Waals surface area contributed by atoms with Crippen molar-refractivity contribution in [2.24, 2.45) is 0 Å². The number of carbonyl (C=O) groups is 1. The maximum absolute atomic E-state index is 12.8. The second-order valence-electron chi connectivity index (χ2n) is 5.55. The highest BCUT2D eigenvalue weighted by atomic mass is 32.1. The van der Waals surface area contributed by atoms with Gasteiger partial charge < -0.3 is 4.74 Å². The summed E-state index contributed by atoms with van der Waals surface area (Å²) in [6, 6.07) is 7.68. The van der Waals surface area contributed by atoms with Crippen LogP contribution in [0.25, 0.3) is 21.3 Å². The predicted octanol–water partition coefficient (Wildman–Crippen LogP) is 3.42. The van der Waals surface area contributed by atoms with Crippen LogP contribution in [0.15, 0.2) is 35.4 Å². The smallest absolute Gasteiger partial charge is 0.263 e.